The average molecular weight is 369 g/mol. The Kier molecular flexibility index (Phi) is 6.66. The minimum Gasteiger partial charge on any atom is -0.348 e. The van der Waals surface area contributed by atoms with Crippen molar-refractivity contribution in [1.29, 1.82) is 0 Å². The van der Waals surface area contributed by atoms with E-state index < -0.39 is 0 Å². The lowest BCUT2D eigenvalue weighted by molar-refractivity contribution is -0.131. The van der Waals surface area contributed by atoms with E-state index in [0.29, 0.717) is 23.1 Å². The minimum absolute atomic E-state index is 0.0395. The van der Waals surface area contributed by atoms with E-state index in [0.717, 1.165) is 23.5 Å². The van der Waals surface area contributed by atoms with Crippen LogP contribution in [0.2, 0.25) is 10.0 Å². The molecule has 1 aromatic carbocycles. The maximum Gasteiger partial charge on any atom is 0.227 e. The summed E-state index contributed by atoms with van der Waals surface area (Å²) in [6, 6.07) is 5.29. The van der Waals surface area contributed by atoms with Crippen LogP contribution in [0.25, 0.3) is 0 Å². The standard InChI is InChI=1S/C17H22Cl2N4O/c1-12-16(21-11-20-12)10-23(7-6-22(2)3)17(24)9-13-4-5-14(18)15(19)8-13/h4-5,8,11H,6-7,9-10H2,1-3H3,(H,20,21). The number of aromatic amines is 1. The number of aryl methyl sites for hydroxylation is 1. The number of benzene rings is 1. The highest BCUT2D eigenvalue weighted by Crippen LogP contribution is 2.23. The van der Waals surface area contributed by atoms with Gasteiger partial charge in [0.2, 0.25) is 5.91 Å². The molecule has 5 nitrogen and oxygen atoms in total. The third-order valence-electron chi connectivity index (χ3n) is 3.78. The van der Waals surface area contributed by atoms with Gasteiger partial charge in [0.1, 0.15) is 0 Å². The molecule has 0 saturated carbocycles. The van der Waals surface area contributed by atoms with Crippen molar-refractivity contribution in [3.8, 4) is 0 Å². The van der Waals surface area contributed by atoms with Gasteiger partial charge in [-0.3, -0.25) is 4.79 Å². The van der Waals surface area contributed by atoms with Crippen molar-refractivity contribution in [3.05, 3.63) is 51.5 Å². The summed E-state index contributed by atoms with van der Waals surface area (Å²) in [6.07, 6.45) is 1.94. The van der Waals surface area contributed by atoms with Crippen LogP contribution in [0.15, 0.2) is 24.5 Å². The molecule has 0 atom stereocenters. The van der Waals surface area contributed by atoms with Gasteiger partial charge in [-0.15, -0.1) is 0 Å². The van der Waals surface area contributed by atoms with Gasteiger partial charge >= 0.3 is 0 Å². The molecular formula is C17H22Cl2N4O. The number of carbonyl (C=O) groups excluding carboxylic acids is 1. The first-order chi connectivity index (χ1) is 11.4. The molecule has 0 fully saturated rings. The maximum atomic E-state index is 12.8. The van der Waals surface area contributed by atoms with Gasteiger partial charge in [-0.05, 0) is 38.7 Å². The van der Waals surface area contributed by atoms with E-state index >= 15 is 0 Å². The normalized spacial score (nSPS) is 11.1. The SMILES string of the molecule is Cc1[nH]cnc1CN(CCN(C)C)C(=O)Cc1ccc(Cl)c(Cl)c1. The zero-order valence-electron chi connectivity index (χ0n) is 14.1. The van der Waals surface area contributed by atoms with Gasteiger partial charge in [0, 0.05) is 18.8 Å². The molecule has 2 aromatic rings. The third-order valence-corrected chi connectivity index (χ3v) is 4.52. The predicted octanol–water partition coefficient (Wildman–Crippen LogP) is 3.16. The van der Waals surface area contributed by atoms with Crippen molar-refractivity contribution in [1.82, 2.24) is 19.8 Å². The first-order valence-corrected chi connectivity index (χ1v) is 8.47. The van der Waals surface area contributed by atoms with Gasteiger partial charge in [0.15, 0.2) is 0 Å². The van der Waals surface area contributed by atoms with Crippen molar-refractivity contribution in [2.75, 3.05) is 27.2 Å². The second kappa shape index (κ2) is 8.51. The van der Waals surface area contributed by atoms with Crippen LogP contribution in [-0.2, 0) is 17.8 Å². The third kappa shape index (κ3) is 5.23. The number of carbonyl (C=O) groups is 1. The smallest absolute Gasteiger partial charge is 0.227 e. The van der Waals surface area contributed by atoms with Crippen molar-refractivity contribution in [2.24, 2.45) is 0 Å². The number of amides is 1. The Morgan fingerprint density at radius 3 is 2.54 bits per heavy atom. The number of nitrogens with one attached hydrogen (secondary N) is 1. The molecule has 1 aromatic heterocycles. The highest BCUT2D eigenvalue weighted by molar-refractivity contribution is 6.42. The van der Waals surface area contributed by atoms with Crippen molar-refractivity contribution >= 4 is 29.1 Å². The summed E-state index contributed by atoms with van der Waals surface area (Å²) in [5, 5.41) is 0.953. The van der Waals surface area contributed by atoms with E-state index in [-0.39, 0.29) is 12.3 Å². The van der Waals surface area contributed by atoms with Gasteiger partial charge in [0.05, 0.1) is 35.0 Å². The van der Waals surface area contributed by atoms with E-state index in [9.17, 15) is 4.79 Å². The van der Waals surface area contributed by atoms with Gasteiger partial charge < -0.3 is 14.8 Å². The molecule has 130 valence electrons. The summed E-state index contributed by atoms with van der Waals surface area (Å²) >= 11 is 12.0. The summed E-state index contributed by atoms with van der Waals surface area (Å²) in [5.74, 6) is 0.0395. The second-order valence-electron chi connectivity index (χ2n) is 6.02. The van der Waals surface area contributed by atoms with Crippen LogP contribution < -0.4 is 0 Å². The Labute approximate surface area is 152 Å². The molecule has 0 spiro atoms. The van der Waals surface area contributed by atoms with Crippen LogP contribution in [0.5, 0.6) is 0 Å². The van der Waals surface area contributed by atoms with Crippen molar-refractivity contribution in [3.63, 3.8) is 0 Å². The number of rotatable bonds is 7. The quantitative estimate of drug-likeness (QED) is 0.816. The number of aromatic nitrogens is 2. The van der Waals surface area contributed by atoms with E-state index in [1.165, 1.54) is 0 Å². The molecule has 0 saturated heterocycles. The number of nitrogens with zero attached hydrogens (tertiary/aromatic N) is 3. The zero-order valence-corrected chi connectivity index (χ0v) is 15.7. The number of likely N-dealkylation sites (N-methyl/N-ethyl adjacent to an activating group) is 1. The fourth-order valence-electron chi connectivity index (χ4n) is 2.28. The molecule has 7 heteroatoms. The first kappa shape index (κ1) is 18.8. The van der Waals surface area contributed by atoms with Crippen LogP contribution in [-0.4, -0.2) is 52.9 Å². The number of hydrogen-bond donors (Lipinski definition) is 1. The summed E-state index contributed by atoms with van der Waals surface area (Å²) in [6.45, 7) is 3.87. The predicted molar refractivity (Wildman–Crippen MR) is 97.5 cm³/mol. The Hall–Kier alpha value is -1.56. The summed E-state index contributed by atoms with van der Waals surface area (Å²) in [7, 11) is 3.98. The number of imidazole rings is 1. The number of halogens is 2. The maximum absolute atomic E-state index is 12.8. The number of H-pyrrole nitrogens is 1. The molecule has 0 aliphatic rings. The van der Waals surface area contributed by atoms with E-state index in [1.807, 2.05) is 32.0 Å². The molecule has 1 heterocycles. The van der Waals surface area contributed by atoms with Gasteiger partial charge in [-0.25, -0.2) is 4.98 Å². The van der Waals surface area contributed by atoms with Gasteiger partial charge in [-0.2, -0.15) is 0 Å². The lowest BCUT2D eigenvalue weighted by atomic mass is 10.1. The highest BCUT2D eigenvalue weighted by atomic mass is 35.5. The summed E-state index contributed by atoms with van der Waals surface area (Å²) < 4.78 is 0. The first-order valence-electron chi connectivity index (χ1n) is 7.72. The monoisotopic (exact) mass is 368 g/mol. The molecule has 24 heavy (non-hydrogen) atoms. The number of hydrogen-bond acceptors (Lipinski definition) is 3. The average Bonchev–Trinajstić information content (AvgIpc) is 2.92. The van der Waals surface area contributed by atoms with Crippen LogP contribution in [0.4, 0.5) is 0 Å². The fraction of sp³-hybridized carbons (Fsp3) is 0.412. The molecule has 0 aliphatic carbocycles. The Morgan fingerprint density at radius 2 is 1.96 bits per heavy atom. The Morgan fingerprint density at radius 1 is 1.21 bits per heavy atom. The molecule has 0 unspecified atom stereocenters. The van der Waals surface area contributed by atoms with Crippen LogP contribution in [0.1, 0.15) is 17.0 Å². The minimum atomic E-state index is 0.0395. The van der Waals surface area contributed by atoms with Crippen molar-refractivity contribution in [2.45, 2.75) is 19.9 Å². The molecule has 2 rings (SSSR count). The van der Waals surface area contributed by atoms with Gasteiger partial charge in [0.25, 0.3) is 0 Å². The molecular weight excluding hydrogens is 347 g/mol. The van der Waals surface area contributed by atoms with Crippen molar-refractivity contribution < 1.29 is 4.79 Å². The van der Waals surface area contributed by atoms with Crippen LogP contribution in [0, 0.1) is 6.92 Å². The molecule has 0 aliphatic heterocycles. The molecule has 1 N–H and O–H groups in total. The zero-order chi connectivity index (χ0) is 17.7. The van der Waals surface area contributed by atoms with Crippen LogP contribution in [0.3, 0.4) is 0 Å². The van der Waals surface area contributed by atoms with E-state index in [1.54, 1.807) is 18.5 Å². The molecule has 0 radical (unpaired) electrons. The largest absolute Gasteiger partial charge is 0.348 e. The second-order valence-corrected chi connectivity index (χ2v) is 6.83. The fourth-order valence-corrected chi connectivity index (χ4v) is 2.60. The highest BCUT2D eigenvalue weighted by Gasteiger charge is 2.17. The van der Waals surface area contributed by atoms with Crippen LogP contribution >= 0.6 is 23.2 Å². The Balaban J connectivity index is 2.10. The topological polar surface area (TPSA) is 52.2 Å². The summed E-state index contributed by atoms with van der Waals surface area (Å²) in [5.41, 5.74) is 2.71. The van der Waals surface area contributed by atoms with E-state index in [4.69, 9.17) is 23.2 Å². The Bertz CT molecular complexity index is 700. The lowest BCUT2D eigenvalue weighted by Crippen LogP contribution is -2.37. The van der Waals surface area contributed by atoms with Gasteiger partial charge in [-0.1, -0.05) is 29.3 Å². The van der Waals surface area contributed by atoms with E-state index in [2.05, 4.69) is 14.9 Å². The molecule has 1 amide bonds. The molecule has 0 bridgehead atoms. The lowest BCUT2D eigenvalue weighted by Gasteiger charge is -2.24. The summed E-state index contributed by atoms with van der Waals surface area (Å²) in [4.78, 5) is 24.0.